The third kappa shape index (κ3) is 7.34. The van der Waals surface area contributed by atoms with Gasteiger partial charge in [0.05, 0.1) is 0 Å². The van der Waals surface area contributed by atoms with Gasteiger partial charge in [-0.05, 0) is 32.4 Å². The van der Waals surface area contributed by atoms with Gasteiger partial charge < -0.3 is 10.6 Å². The summed E-state index contributed by atoms with van der Waals surface area (Å²) in [6.07, 6.45) is 6.18. The summed E-state index contributed by atoms with van der Waals surface area (Å²) in [7, 11) is 0. The van der Waals surface area contributed by atoms with Crippen molar-refractivity contribution in [3.05, 3.63) is 0 Å². The second-order valence-corrected chi connectivity index (χ2v) is 4.20. The van der Waals surface area contributed by atoms with Gasteiger partial charge in [0, 0.05) is 12.6 Å². The number of unbranched alkanes of at least 4 members (excludes halogenated alkanes) is 1. The van der Waals surface area contributed by atoms with Gasteiger partial charge in [-0.25, -0.2) is 0 Å². The van der Waals surface area contributed by atoms with Crippen molar-refractivity contribution in [2.24, 2.45) is 5.73 Å². The summed E-state index contributed by atoms with van der Waals surface area (Å²) in [5.74, 6) is 0. The number of rotatable bonds is 9. The fraction of sp³-hybridized carbons (Fsp3) is 1.00. The van der Waals surface area contributed by atoms with Gasteiger partial charge in [0.2, 0.25) is 0 Å². The standard InChI is InChI=1S/C12H28N2/c1-4-7-8-12(13)11-14(9-5-2)10-6-3/h12H,4-11,13H2,1-3H3. The molecule has 0 aromatic heterocycles. The second kappa shape index (κ2) is 9.47. The van der Waals surface area contributed by atoms with Crippen molar-refractivity contribution in [2.45, 2.75) is 58.9 Å². The summed E-state index contributed by atoms with van der Waals surface area (Å²) in [5, 5.41) is 0. The van der Waals surface area contributed by atoms with Crippen molar-refractivity contribution < 1.29 is 0 Å². The fourth-order valence-corrected chi connectivity index (χ4v) is 1.82. The van der Waals surface area contributed by atoms with Crippen LogP contribution in [0.25, 0.3) is 0 Å². The van der Waals surface area contributed by atoms with E-state index in [1.165, 1.54) is 45.2 Å². The summed E-state index contributed by atoms with van der Waals surface area (Å²) < 4.78 is 0. The minimum atomic E-state index is 0.382. The molecule has 0 aliphatic carbocycles. The minimum absolute atomic E-state index is 0.382. The van der Waals surface area contributed by atoms with Crippen LogP contribution in [0.1, 0.15) is 52.9 Å². The Morgan fingerprint density at radius 1 is 1.00 bits per heavy atom. The lowest BCUT2D eigenvalue weighted by molar-refractivity contribution is 0.252. The molecule has 0 aromatic carbocycles. The van der Waals surface area contributed by atoms with E-state index in [2.05, 4.69) is 25.7 Å². The average Bonchev–Trinajstić information content (AvgIpc) is 2.15. The zero-order valence-corrected chi connectivity index (χ0v) is 10.3. The summed E-state index contributed by atoms with van der Waals surface area (Å²) in [6, 6.07) is 0.382. The lowest BCUT2D eigenvalue weighted by atomic mass is 10.1. The Hall–Kier alpha value is -0.0800. The molecule has 2 nitrogen and oxygen atoms in total. The first-order valence-electron chi connectivity index (χ1n) is 6.22. The smallest absolute Gasteiger partial charge is 0.0167 e. The van der Waals surface area contributed by atoms with E-state index in [9.17, 15) is 0 Å². The van der Waals surface area contributed by atoms with Crippen LogP contribution in [0.2, 0.25) is 0 Å². The summed E-state index contributed by atoms with van der Waals surface area (Å²) in [5.41, 5.74) is 6.08. The van der Waals surface area contributed by atoms with Crippen LogP contribution >= 0.6 is 0 Å². The Kier molecular flexibility index (Phi) is 9.42. The van der Waals surface area contributed by atoms with Crippen molar-refractivity contribution >= 4 is 0 Å². The van der Waals surface area contributed by atoms with Crippen molar-refractivity contribution in [3.63, 3.8) is 0 Å². The Labute approximate surface area is 89.9 Å². The zero-order valence-electron chi connectivity index (χ0n) is 10.3. The third-order valence-corrected chi connectivity index (χ3v) is 2.50. The van der Waals surface area contributed by atoms with E-state index in [0.717, 1.165) is 6.54 Å². The Morgan fingerprint density at radius 3 is 2.00 bits per heavy atom. The highest BCUT2D eigenvalue weighted by Crippen LogP contribution is 2.02. The van der Waals surface area contributed by atoms with Crippen LogP contribution in [0.15, 0.2) is 0 Å². The molecule has 0 aromatic rings. The van der Waals surface area contributed by atoms with Gasteiger partial charge >= 0.3 is 0 Å². The molecular formula is C12H28N2. The maximum Gasteiger partial charge on any atom is 0.0167 e. The maximum absolute atomic E-state index is 6.08. The van der Waals surface area contributed by atoms with E-state index in [1.807, 2.05) is 0 Å². The van der Waals surface area contributed by atoms with Gasteiger partial charge in [-0.2, -0.15) is 0 Å². The summed E-state index contributed by atoms with van der Waals surface area (Å²) in [6.45, 7) is 10.2. The van der Waals surface area contributed by atoms with Crippen LogP contribution < -0.4 is 5.73 Å². The van der Waals surface area contributed by atoms with E-state index in [-0.39, 0.29) is 0 Å². The van der Waals surface area contributed by atoms with Gasteiger partial charge in [-0.3, -0.25) is 0 Å². The lowest BCUT2D eigenvalue weighted by Crippen LogP contribution is -2.38. The van der Waals surface area contributed by atoms with Gasteiger partial charge in [0.15, 0.2) is 0 Å². The Morgan fingerprint density at radius 2 is 1.57 bits per heavy atom. The minimum Gasteiger partial charge on any atom is -0.327 e. The molecule has 0 aliphatic rings. The van der Waals surface area contributed by atoms with E-state index >= 15 is 0 Å². The van der Waals surface area contributed by atoms with Crippen LogP contribution in [0.3, 0.4) is 0 Å². The molecule has 0 amide bonds. The molecule has 1 atom stereocenters. The molecule has 0 spiro atoms. The molecule has 14 heavy (non-hydrogen) atoms. The van der Waals surface area contributed by atoms with Crippen molar-refractivity contribution in [1.29, 1.82) is 0 Å². The zero-order chi connectivity index (χ0) is 10.8. The first-order chi connectivity index (χ1) is 6.74. The highest BCUT2D eigenvalue weighted by Gasteiger charge is 2.08. The first kappa shape index (κ1) is 13.9. The molecule has 2 heteroatoms. The SMILES string of the molecule is CCCCC(N)CN(CCC)CCC. The molecule has 0 rings (SSSR count). The Balaban J connectivity index is 3.64. The predicted molar refractivity (Wildman–Crippen MR) is 64.5 cm³/mol. The van der Waals surface area contributed by atoms with Crippen molar-refractivity contribution in [2.75, 3.05) is 19.6 Å². The van der Waals surface area contributed by atoms with Crippen LogP contribution in [0.4, 0.5) is 0 Å². The molecule has 0 saturated carbocycles. The normalized spacial score (nSPS) is 13.5. The van der Waals surface area contributed by atoms with Gasteiger partial charge in [-0.15, -0.1) is 0 Å². The van der Waals surface area contributed by atoms with E-state index in [1.54, 1.807) is 0 Å². The number of nitrogens with zero attached hydrogens (tertiary/aromatic N) is 1. The molecule has 0 heterocycles. The highest BCUT2D eigenvalue weighted by atomic mass is 15.1. The molecule has 0 fully saturated rings. The van der Waals surface area contributed by atoms with Gasteiger partial charge in [0.25, 0.3) is 0 Å². The van der Waals surface area contributed by atoms with E-state index in [4.69, 9.17) is 5.73 Å². The van der Waals surface area contributed by atoms with Crippen LogP contribution in [0, 0.1) is 0 Å². The number of hydrogen-bond donors (Lipinski definition) is 1. The molecule has 0 saturated heterocycles. The molecule has 0 bridgehead atoms. The third-order valence-electron chi connectivity index (χ3n) is 2.50. The van der Waals surface area contributed by atoms with Crippen LogP contribution in [0.5, 0.6) is 0 Å². The van der Waals surface area contributed by atoms with Crippen molar-refractivity contribution in [3.8, 4) is 0 Å². The largest absolute Gasteiger partial charge is 0.327 e. The molecule has 1 unspecified atom stereocenters. The number of nitrogens with two attached hydrogens (primary N) is 1. The summed E-state index contributed by atoms with van der Waals surface area (Å²) in [4.78, 5) is 2.50. The van der Waals surface area contributed by atoms with Crippen LogP contribution in [-0.4, -0.2) is 30.6 Å². The lowest BCUT2D eigenvalue weighted by Gasteiger charge is -2.24. The maximum atomic E-state index is 6.08. The second-order valence-electron chi connectivity index (χ2n) is 4.20. The van der Waals surface area contributed by atoms with Crippen LogP contribution in [-0.2, 0) is 0 Å². The van der Waals surface area contributed by atoms with Gasteiger partial charge in [0.1, 0.15) is 0 Å². The monoisotopic (exact) mass is 200 g/mol. The summed E-state index contributed by atoms with van der Waals surface area (Å²) >= 11 is 0. The molecule has 0 radical (unpaired) electrons. The molecule has 2 N–H and O–H groups in total. The molecule has 86 valence electrons. The predicted octanol–water partition coefficient (Wildman–Crippen LogP) is 2.63. The fourth-order valence-electron chi connectivity index (χ4n) is 1.82. The molecular weight excluding hydrogens is 172 g/mol. The van der Waals surface area contributed by atoms with E-state index < -0.39 is 0 Å². The molecule has 0 aliphatic heterocycles. The quantitative estimate of drug-likeness (QED) is 0.620. The topological polar surface area (TPSA) is 29.3 Å². The van der Waals surface area contributed by atoms with E-state index in [0.29, 0.717) is 6.04 Å². The average molecular weight is 200 g/mol. The number of hydrogen-bond acceptors (Lipinski definition) is 2. The Bertz CT molecular complexity index is 109. The first-order valence-corrected chi connectivity index (χ1v) is 6.22. The highest BCUT2D eigenvalue weighted by molar-refractivity contribution is 4.67. The van der Waals surface area contributed by atoms with Gasteiger partial charge in [-0.1, -0.05) is 33.6 Å². The van der Waals surface area contributed by atoms with Crippen molar-refractivity contribution in [1.82, 2.24) is 4.90 Å².